The Hall–Kier alpha value is -3.43. The lowest BCUT2D eigenvalue weighted by Gasteiger charge is -2.24. The average Bonchev–Trinajstić information content (AvgIpc) is 3.53. The van der Waals surface area contributed by atoms with Gasteiger partial charge in [-0.2, -0.15) is 0 Å². The number of aromatic nitrogens is 2. The predicted molar refractivity (Wildman–Crippen MR) is 162 cm³/mol. The zero-order chi connectivity index (χ0) is 28.2. The summed E-state index contributed by atoms with van der Waals surface area (Å²) in [4.78, 5) is 28.2. The summed E-state index contributed by atoms with van der Waals surface area (Å²) in [6.07, 6.45) is 3.88. The van der Waals surface area contributed by atoms with Crippen LogP contribution in [0.5, 0.6) is 0 Å². The number of aliphatic hydroxyl groups excluding tert-OH is 1. The van der Waals surface area contributed by atoms with Gasteiger partial charge < -0.3 is 5.11 Å². The van der Waals surface area contributed by atoms with Crippen molar-refractivity contribution in [2.75, 3.05) is 4.90 Å². The largest absolute Gasteiger partial charge is 0.503 e. The molecule has 10 heteroatoms. The number of hydrogen-bond donors (Lipinski definition) is 1. The first-order chi connectivity index (χ1) is 19.4. The summed E-state index contributed by atoms with van der Waals surface area (Å²) in [5.41, 5.74) is 3.51. The molecule has 0 spiro atoms. The zero-order valence-electron chi connectivity index (χ0n) is 21.3. The van der Waals surface area contributed by atoms with Gasteiger partial charge in [-0.1, -0.05) is 120 Å². The van der Waals surface area contributed by atoms with Crippen LogP contribution in [0.4, 0.5) is 5.13 Å². The van der Waals surface area contributed by atoms with E-state index in [9.17, 15) is 14.7 Å². The summed E-state index contributed by atoms with van der Waals surface area (Å²) >= 11 is 14.9. The van der Waals surface area contributed by atoms with Crippen LogP contribution in [0.25, 0.3) is 6.08 Å². The molecule has 1 amide bonds. The number of aliphatic hydroxyl groups is 1. The summed E-state index contributed by atoms with van der Waals surface area (Å²) in [6.45, 7) is 2.05. The van der Waals surface area contributed by atoms with Crippen molar-refractivity contribution in [3.63, 3.8) is 0 Å². The number of amides is 1. The first-order valence-electron chi connectivity index (χ1n) is 12.4. The van der Waals surface area contributed by atoms with Gasteiger partial charge >= 0.3 is 0 Å². The maximum absolute atomic E-state index is 13.4. The van der Waals surface area contributed by atoms with E-state index in [4.69, 9.17) is 23.2 Å². The van der Waals surface area contributed by atoms with Crippen molar-refractivity contribution >= 4 is 69.2 Å². The second-order valence-corrected chi connectivity index (χ2v) is 11.9. The Morgan fingerprint density at radius 1 is 1.07 bits per heavy atom. The van der Waals surface area contributed by atoms with E-state index in [1.165, 1.54) is 34.1 Å². The van der Waals surface area contributed by atoms with Gasteiger partial charge in [0, 0.05) is 15.8 Å². The fourth-order valence-electron chi connectivity index (χ4n) is 4.27. The molecule has 1 unspecified atom stereocenters. The second kappa shape index (κ2) is 12.4. The van der Waals surface area contributed by atoms with Crippen molar-refractivity contribution in [2.24, 2.45) is 0 Å². The number of benzene rings is 3. The molecule has 3 aromatic carbocycles. The van der Waals surface area contributed by atoms with Crippen LogP contribution in [-0.2, 0) is 21.8 Å². The van der Waals surface area contributed by atoms with Crippen molar-refractivity contribution in [1.29, 1.82) is 0 Å². The van der Waals surface area contributed by atoms with Gasteiger partial charge in [0.25, 0.3) is 5.91 Å². The molecule has 40 heavy (non-hydrogen) atoms. The number of allylic oxidation sites excluding steroid dienone is 1. The highest BCUT2D eigenvalue weighted by molar-refractivity contribution is 8.00. The number of rotatable bonds is 9. The maximum atomic E-state index is 13.4. The number of anilines is 1. The van der Waals surface area contributed by atoms with E-state index in [2.05, 4.69) is 10.2 Å². The van der Waals surface area contributed by atoms with E-state index in [1.54, 1.807) is 18.2 Å². The average molecular weight is 609 g/mol. The molecule has 1 aromatic heterocycles. The molecule has 0 bridgehead atoms. The Kier molecular flexibility index (Phi) is 8.71. The highest BCUT2D eigenvalue weighted by Gasteiger charge is 2.45. The number of thioether (sulfide) groups is 1. The zero-order valence-corrected chi connectivity index (χ0v) is 24.4. The highest BCUT2D eigenvalue weighted by Crippen LogP contribution is 2.43. The highest BCUT2D eigenvalue weighted by atomic mass is 35.5. The topological polar surface area (TPSA) is 83.4 Å². The number of ketones is 1. The molecule has 0 aliphatic carbocycles. The number of hydrogen-bond acceptors (Lipinski definition) is 7. The molecular formula is C30H23Cl2N3O3S2. The number of carbonyl (C=O) groups is 2. The second-order valence-electron chi connectivity index (χ2n) is 8.92. The van der Waals surface area contributed by atoms with Gasteiger partial charge in [-0.15, -0.1) is 10.2 Å². The molecule has 4 aromatic rings. The molecule has 5 rings (SSSR count). The molecule has 0 saturated heterocycles. The Labute approximate surface area is 250 Å². The van der Waals surface area contributed by atoms with Gasteiger partial charge in [0.1, 0.15) is 0 Å². The van der Waals surface area contributed by atoms with Gasteiger partial charge in [-0.05, 0) is 46.9 Å². The molecule has 1 atom stereocenters. The maximum Gasteiger partial charge on any atom is 0.296 e. The van der Waals surface area contributed by atoms with Gasteiger partial charge in [-0.25, -0.2) is 0 Å². The summed E-state index contributed by atoms with van der Waals surface area (Å²) in [5.74, 6) is -1.23. The third-order valence-electron chi connectivity index (χ3n) is 6.37. The summed E-state index contributed by atoms with van der Waals surface area (Å²) < 4.78 is 0.608. The van der Waals surface area contributed by atoms with E-state index < -0.39 is 23.5 Å². The summed E-state index contributed by atoms with van der Waals surface area (Å²) in [6, 6.07) is 21.4. The van der Waals surface area contributed by atoms with E-state index >= 15 is 0 Å². The molecular weight excluding hydrogens is 585 g/mol. The standard InChI is InChI=1S/C30H23Cl2N3O3S2/c1-2-18-8-11-20(12-9-18)26-25(24(36)15-10-19-6-4-3-5-7-19)27(37)28(38)35(26)29-33-34-30(40-29)39-17-21-13-14-22(31)16-23(21)32/h3-16,26,37H,2,17H2,1H3/b15-10+. The number of halogens is 2. The Morgan fingerprint density at radius 2 is 1.82 bits per heavy atom. The molecule has 0 radical (unpaired) electrons. The number of carbonyl (C=O) groups excluding carboxylic acids is 2. The van der Waals surface area contributed by atoms with Crippen LogP contribution in [-0.4, -0.2) is 27.0 Å². The normalized spacial score (nSPS) is 15.4. The number of nitrogens with zero attached hydrogens (tertiary/aromatic N) is 3. The fourth-order valence-corrected chi connectivity index (χ4v) is 6.69. The SMILES string of the molecule is CCc1ccc(C2C(C(=O)/C=C/c3ccccc3)=C(O)C(=O)N2c2nnc(SCc3ccc(Cl)cc3Cl)s2)cc1. The molecule has 1 aliphatic rings. The van der Waals surface area contributed by atoms with Crippen LogP contribution < -0.4 is 4.90 Å². The van der Waals surface area contributed by atoms with E-state index in [0.29, 0.717) is 25.7 Å². The molecule has 2 heterocycles. The summed E-state index contributed by atoms with van der Waals surface area (Å²) in [5, 5.41) is 20.9. The van der Waals surface area contributed by atoms with Crippen molar-refractivity contribution in [1.82, 2.24) is 10.2 Å². The molecule has 0 saturated carbocycles. The molecule has 6 nitrogen and oxygen atoms in total. The molecule has 0 fully saturated rings. The quantitative estimate of drug-likeness (QED) is 0.118. The minimum atomic E-state index is -0.858. The van der Waals surface area contributed by atoms with Gasteiger partial charge in [0.15, 0.2) is 15.9 Å². The Bertz CT molecular complexity index is 1620. The number of aryl methyl sites for hydroxylation is 1. The predicted octanol–water partition coefficient (Wildman–Crippen LogP) is 7.88. The molecule has 1 N–H and O–H groups in total. The molecule has 202 valence electrons. The lowest BCUT2D eigenvalue weighted by atomic mass is 9.95. The van der Waals surface area contributed by atoms with Crippen molar-refractivity contribution < 1.29 is 14.7 Å². The van der Waals surface area contributed by atoms with Crippen LogP contribution in [0.3, 0.4) is 0 Å². The fraction of sp³-hybridized carbons (Fsp3) is 0.133. The monoisotopic (exact) mass is 607 g/mol. The van der Waals surface area contributed by atoms with E-state index in [-0.39, 0.29) is 10.7 Å². The van der Waals surface area contributed by atoms with Gasteiger partial charge in [-0.3, -0.25) is 14.5 Å². The van der Waals surface area contributed by atoms with E-state index in [0.717, 1.165) is 23.1 Å². The van der Waals surface area contributed by atoms with E-state index in [1.807, 2.05) is 67.6 Å². The third-order valence-corrected chi connectivity index (χ3v) is 9.06. The minimum absolute atomic E-state index is 0.00113. The van der Waals surface area contributed by atoms with Gasteiger partial charge in [0.2, 0.25) is 5.13 Å². The lowest BCUT2D eigenvalue weighted by Crippen LogP contribution is -2.30. The Balaban J connectivity index is 1.46. The Morgan fingerprint density at radius 3 is 2.52 bits per heavy atom. The van der Waals surface area contributed by atoms with Crippen molar-refractivity contribution in [3.8, 4) is 0 Å². The van der Waals surface area contributed by atoms with Crippen molar-refractivity contribution in [2.45, 2.75) is 29.5 Å². The molecule has 1 aliphatic heterocycles. The van der Waals surface area contributed by atoms with Crippen LogP contribution in [0.1, 0.15) is 35.2 Å². The van der Waals surface area contributed by atoms with Crippen molar-refractivity contribution in [3.05, 3.63) is 123 Å². The van der Waals surface area contributed by atoms with Crippen LogP contribution in [0, 0.1) is 0 Å². The van der Waals surface area contributed by atoms with Crippen LogP contribution >= 0.6 is 46.3 Å². The van der Waals surface area contributed by atoms with Crippen LogP contribution in [0.15, 0.2) is 94.5 Å². The minimum Gasteiger partial charge on any atom is -0.503 e. The first kappa shape index (κ1) is 28.1. The summed E-state index contributed by atoms with van der Waals surface area (Å²) in [7, 11) is 0. The smallest absolute Gasteiger partial charge is 0.296 e. The lowest BCUT2D eigenvalue weighted by molar-refractivity contribution is -0.117. The first-order valence-corrected chi connectivity index (χ1v) is 14.9. The van der Waals surface area contributed by atoms with Gasteiger partial charge in [0.05, 0.1) is 11.6 Å². The van der Waals surface area contributed by atoms with Crippen LogP contribution in [0.2, 0.25) is 10.0 Å². The third kappa shape index (κ3) is 6.00.